The van der Waals surface area contributed by atoms with Gasteiger partial charge in [-0.2, -0.15) is 0 Å². The monoisotopic (exact) mass is 314 g/mol. The van der Waals surface area contributed by atoms with Gasteiger partial charge in [0.05, 0.1) is 13.2 Å². The summed E-state index contributed by atoms with van der Waals surface area (Å²) in [5.74, 6) is 0.637. The van der Waals surface area contributed by atoms with Crippen LogP contribution in [0.5, 0.6) is 11.5 Å². The predicted molar refractivity (Wildman–Crippen MR) is 93.0 cm³/mol. The number of aliphatic hydroxyl groups is 1. The maximum Gasteiger partial charge on any atom is 0.160 e. The number of aromatic hydroxyl groups is 1. The number of aliphatic hydroxyl groups excluding tert-OH is 1. The Labute approximate surface area is 138 Å². The summed E-state index contributed by atoms with van der Waals surface area (Å²) >= 11 is 0. The highest BCUT2D eigenvalue weighted by molar-refractivity contribution is 5.41. The van der Waals surface area contributed by atoms with Crippen LogP contribution in [0.3, 0.4) is 0 Å². The van der Waals surface area contributed by atoms with Crippen molar-refractivity contribution in [1.82, 2.24) is 0 Å². The molecule has 0 aliphatic heterocycles. The second kappa shape index (κ2) is 9.21. The van der Waals surface area contributed by atoms with Crippen LogP contribution >= 0.6 is 0 Å². The van der Waals surface area contributed by atoms with Crippen LogP contribution in [0.25, 0.3) is 0 Å². The van der Waals surface area contributed by atoms with Crippen LogP contribution in [0, 0.1) is 0 Å². The zero-order chi connectivity index (χ0) is 16.5. The van der Waals surface area contributed by atoms with Gasteiger partial charge in [-0.3, -0.25) is 0 Å². The van der Waals surface area contributed by atoms with Gasteiger partial charge < -0.3 is 14.9 Å². The molecule has 0 aliphatic rings. The molecule has 0 aromatic heterocycles. The number of ether oxygens (including phenoxy) is 1. The van der Waals surface area contributed by atoms with Crippen LogP contribution in [0.2, 0.25) is 0 Å². The van der Waals surface area contributed by atoms with Crippen molar-refractivity contribution in [2.75, 3.05) is 7.11 Å². The molecule has 124 valence electrons. The quantitative estimate of drug-likeness (QED) is 0.685. The van der Waals surface area contributed by atoms with Gasteiger partial charge in [-0.05, 0) is 55.4 Å². The van der Waals surface area contributed by atoms with Crippen molar-refractivity contribution < 1.29 is 14.9 Å². The number of phenolic OH excluding ortho intramolecular Hbond substituents is 1. The summed E-state index contributed by atoms with van der Waals surface area (Å²) in [5, 5.41) is 19.7. The lowest BCUT2D eigenvalue weighted by molar-refractivity contribution is 0.151. The summed E-state index contributed by atoms with van der Waals surface area (Å²) in [4.78, 5) is 0. The summed E-state index contributed by atoms with van der Waals surface area (Å²) in [7, 11) is 1.54. The Kier molecular flexibility index (Phi) is 6.95. The van der Waals surface area contributed by atoms with Crippen molar-refractivity contribution in [1.29, 1.82) is 0 Å². The summed E-state index contributed by atoms with van der Waals surface area (Å²) in [6, 6.07) is 15.8. The Morgan fingerprint density at radius 3 is 2.43 bits per heavy atom. The second-order valence-corrected chi connectivity index (χ2v) is 5.93. The van der Waals surface area contributed by atoms with Crippen molar-refractivity contribution in [3.8, 4) is 11.5 Å². The number of benzene rings is 2. The number of methoxy groups -OCH3 is 1. The van der Waals surface area contributed by atoms with Crippen LogP contribution in [-0.4, -0.2) is 23.4 Å². The third-order valence-corrected chi connectivity index (χ3v) is 4.11. The topological polar surface area (TPSA) is 49.7 Å². The van der Waals surface area contributed by atoms with E-state index in [-0.39, 0.29) is 11.9 Å². The van der Waals surface area contributed by atoms with Crippen molar-refractivity contribution in [3.05, 3.63) is 59.7 Å². The van der Waals surface area contributed by atoms with Gasteiger partial charge in [0.2, 0.25) is 0 Å². The fourth-order valence-electron chi connectivity index (χ4n) is 2.71. The van der Waals surface area contributed by atoms with Crippen molar-refractivity contribution >= 4 is 0 Å². The second-order valence-electron chi connectivity index (χ2n) is 5.93. The molecule has 0 unspecified atom stereocenters. The molecule has 0 bridgehead atoms. The van der Waals surface area contributed by atoms with Crippen molar-refractivity contribution in [2.24, 2.45) is 0 Å². The summed E-state index contributed by atoms with van der Waals surface area (Å²) in [6.07, 6.45) is 5.30. The van der Waals surface area contributed by atoms with E-state index in [0.717, 1.165) is 44.1 Å². The smallest absolute Gasteiger partial charge is 0.160 e. The molecule has 0 radical (unpaired) electrons. The molecule has 0 saturated heterocycles. The largest absolute Gasteiger partial charge is 0.504 e. The van der Waals surface area contributed by atoms with E-state index in [2.05, 4.69) is 24.3 Å². The minimum Gasteiger partial charge on any atom is -0.504 e. The van der Waals surface area contributed by atoms with Gasteiger partial charge in [0, 0.05) is 0 Å². The summed E-state index contributed by atoms with van der Waals surface area (Å²) in [5.41, 5.74) is 2.43. The lowest BCUT2D eigenvalue weighted by atomic mass is 10.0. The third-order valence-electron chi connectivity index (χ3n) is 4.11. The molecule has 23 heavy (non-hydrogen) atoms. The third kappa shape index (κ3) is 5.95. The number of phenols is 1. The first-order chi connectivity index (χ1) is 11.2. The number of hydrogen-bond donors (Lipinski definition) is 2. The van der Waals surface area contributed by atoms with Gasteiger partial charge in [-0.25, -0.2) is 0 Å². The maximum absolute atomic E-state index is 10.1. The molecule has 3 nitrogen and oxygen atoms in total. The van der Waals surface area contributed by atoms with Crippen LogP contribution < -0.4 is 4.74 Å². The molecule has 0 fully saturated rings. The van der Waals surface area contributed by atoms with Gasteiger partial charge in [0.15, 0.2) is 11.5 Å². The number of aryl methyl sites for hydroxylation is 2. The highest BCUT2D eigenvalue weighted by Gasteiger charge is 2.07. The van der Waals surface area contributed by atoms with E-state index >= 15 is 0 Å². The lowest BCUT2D eigenvalue weighted by Gasteiger charge is -2.11. The number of rotatable bonds is 9. The molecule has 2 rings (SSSR count). The van der Waals surface area contributed by atoms with Gasteiger partial charge in [0.1, 0.15) is 0 Å². The molecule has 1 atom stereocenters. The number of hydrogen-bond acceptors (Lipinski definition) is 3. The van der Waals surface area contributed by atoms with E-state index in [9.17, 15) is 10.2 Å². The Morgan fingerprint density at radius 1 is 0.913 bits per heavy atom. The molecule has 0 heterocycles. The van der Waals surface area contributed by atoms with Crippen LogP contribution in [0.4, 0.5) is 0 Å². The average molecular weight is 314 g/mol. The van der Waals surface area contributed by atoms with E-state index in [1.165, 1.54) is 5.56 Å². The van der Waals surface area contributed by atoms with E-state index in [0.29, 0.717) is 5.75 Å². The van der Waals surface area contributed by atoms with Gasteiger partial charge in [0.25, 0.3) is 0 Å². The standard InChI is InChI=1S/C20H26O3/c1-23-20-15-17(12-14-19(20)22)11-13-18(21)10-6-5-9-16-7-3-2-4-8-16/h2-4,7-8,12,14-15,18,21-22H,5-6,9-11,13H2,1H3/t18-/m1/s1. The first kappa shape index (κ1) is 17.4. The van der Waals surface area contributed by atoms with Crippen LogP contribution in [-0.2, 0) is 12.8 Å². The fraction of sp³-hybridized carbons (Fsp3) is 0.400. The molecule has 0 saturated carbocycles. The highest BCUT2D eigenvalue weighted by Crippen LogP contribution is 2.27. The van der Waals surface area contributed by atoms with Gasteiger partial charge in [-0.1, -0.05) is 42.8 Å². The number of unbranched alkanes of at least 4 members (excludes halogenated alkanes) is 1. The first-order valence-corrected chi connectivity index (χ1v) is 8.27. The van der Waals surface area contributed by atoms with Gasteiger partial charge >= 0.3 is 0 Å². The first-order valence-electron chi connectivity index (χ1n) is 8.27. The van der Waals surface area contributed by atoms with Crippen molar-refractivity contribution in [2.45, 2.75) is 44.6 Å². The molecule has 3 heteroatoms. The average Bonchev–Trinajstić information content (AvgIpc) is 2.59. The zero-order valence-corrected chi connectivity index (χ0v) is 13.7. The molecule has 0 aliphatic carbocycles. The Hall–Kier alpha value is -2.00. The van der Waals surface area contributed by atoms with E-state index in [1.807, 2.05) is 18.2 Å². The van der Waals surface area contributed by atoms with E-state index < -0.39 is 0 Å². The lowest BCUT2D eigenvalue weighted by Crippen LogP contribution is -2.08. The molecule has 2 aromatic rings. The fourth-order valence-corrected chi connectivity index (χ4v) is 2.71. The SMILES string of the molecule is COc1cc(CC[C@H](O)CCCCc2ccccc2)ccc1O. The van der Waals surface area contributed by atoms with Crippen LogP contribution in [0.15, 0.2) is 48.5 Å². The normalized spacial score (nSPS) is 12.1. The molecule has 2 aromatic carbocycles. The van der Waals surface area contributed by atoms with E-state index in [1.54, 1.807) is 13.2 Å². The minimum atomic E-state index is -0.273. The Bertz CT molecular complexity index is 581. The van der Waals surface area contributed by atoms with Gasteiger partial charge in [-0.15, -0.1) is 0 Å². The molecule has 0 amide bonds. The maximum atomic E-state index is 10.1. The van der Waals surface area contributed by atoms with E-state index in [4.69, 9.17) is 4.74 Å². The molecule has 2 N–H and O–H groups in total. The minimum absolute atomic E-state index is 0.151. The zero-order valence-electron chi connectivity index (χ0n) is 13.7. The Morgan fingerprint density at radius 2 is 1.70 bits per heavy atom. The summed E-state index contributed by atoms with van der Waals surface area (Å²) < 4.78 is 5.10. The Balaban J connectivity index is 1.66. The van der Waals surface area contributed by atoms with Crippen LogP contribution in [0.1, 0.15) is 36.8 Å². The highest BCUT2D eigenvalue weighted by atomic mass is 16.5. The summed E-state index contributed by atoms with van der Waals surface area (Å²) in [6.45, 7) is 0. The molecule has 0 spiro atoms. The predicted octanol–water partition coefficient (Wildman–Crippen LogP) is 4.11. The molecular weight excluding hydrogens is 288 g/mol. The van der Waals surface area contributed by atoms with Crippen molar-refractivity contribution in [3.63, 3.8) is 0 Å². The molecular formula is C20H26O3.